The van der Waals surface area contributed by atoms with Crippen LogP contribution in [0.2, 0.25) is 0 Å². The van der Waals surface area contributed by atoms with Gasteiger partial charge in [0.1, 0.15) is 5.82 Å². The highest BCUT2D eigenvalue weighted by Crippen LogP contribution is 2.35. The van der Waals surface area contributed by atoms with E-state index in [0.29, 0.717) is 23.2 Å². The van der Waals surface area contributed by atoms with Crippen molar-refractivity contribution in [3.05, 3.63) is 54.5 Å². The van der Waals surface area contributed by atoms with Gasteiger partial charge in [-0.25, -0.2) is 14.5 Å². The third-order valence-electron chi connectivity index (χ3n) is 4.56. The fourth-order valence-electron chi connectivity index (χ4n) is 3.18. The predicted octanol–water partition coefficient (Wildman–Crippen LogP) is 4.90. The van der Waals surface area contributed by atoms with Crippen LogP contribution >= 0.6 is 0 Å². The van der Waals surface area contributed by atoms with Crippen molar-refractivity contribution in [2.75, 3.05) is 26.6 Å². The molecule has 4 aromatic rings. The summed E-state index contributed by atoms with van der Waals surface area (Å²) in [6, 6.07) is 9.47. The first kappa shape index (κ1) is 21.9. The lowest BCUT2D eigenvalue weighted by Crippen LogP contribution is -2.00. The van der Waals surface area contributed by atoms with E-state index in [0.717, 1.165) is 28.0 Å². The van der Waals surface area contributed by atoms with Crippen LogP contribution in [0.1, 0.15) is 19.4 Å². The van der Waals surface area contributed by atoms with Crippen molar-refractivity contribution in [2.24, 2.45) is 0 Å². The second kappa shape index (κ2) is 9.80. The minimum atomic E-state index is 0.560. The maximum Gasteiger partial charge on any atom is 0.212 e. The van der Waals surface area contributed by atoms with Crippen LogP contribution in [-0.4, -0.2) is 40.9 Å². The highest BCUT2D eigenvalue weighted by atomic mass is 16.5. The number of pyridine rings is 1. The molecular formula is C23H27N5O3. The molecule has 31 heavy (non-hydrogen) atoms. The van der Waals surface area contributed by atoms with Gasteiger partial charge in [-0.2, -0.15) is 5.10 Å². The first-order chi connectivity index (χ1) is 15.1. The fourth-order valence-corrected chi connectivity index (χ4v) is 3.18. The summed E-state index contributed by atoms with van der Waals surface area (Å²) < 4.78 is 17.7. The first-order valence-corrected chi connectivity index (χ1v) is 9.97. The van der Waals surface area contributed by atoms with Crippen LogP contribution in [0.25, 0.3) is 16.8 Å². The van der Waals surface area contributed by atoms with Crippen molar-refractivity contribution < 1.29 is 14.2 Å². The smallest absolute Gasteiger partial charge is 0.212 e. The Kier molecular flexibility index (Phi) is 6.92. The van der Waals surface area contributed by atoms with E-state index in [-0.39, 0.29) is 0 Å². The van der Waals surface area contributed by atoms with E-state index >= 15 is 0 Å². The van der Waals surface area contributed by atoms with Gasteiger partial charge < -0.3 is 19.5 Å². The maximum atomic E-state index is 5.43. The lowest BCUT2D eigenvalue weighted by Gasteiger charge is -2.14. The van der Waals surface area contributed by atoms with Crippen LogP contribution in [0, 0.1) is 6.92 Å². The van der Waals surface area contributed by atoms with Crippen LogP contribution in [0.5, 0.6) is 17.4 Å². The molecule has 0 atom stereocenters. The summed E-state index contributed by atoms with van der Waals surface area (Å²) in [5.41, 5.74) is 4.33. The van der Waals surface area contributed by atoms with Crippen molar-refractivity contribution in [1.82, 2.24) is 19.6 Å². The average Bonchev–Trinajstić information content (AvgIpc) is 3.23. The number of hydrogen-bond acceptors (Lipinski definition) is 7. The molecule has 3 heterocycles. The molecule has 8 heteroatoms. The highest BCUT2D eigenvalue weighted by molar-refractivity contribution is 5.78. The molecule has 1 N–H and O–H groups in total. The average molecular weight is 422 g/mol. The van der Waals surface area contributed by atoms with Crippen LogP contribution in [0.15, 0.2) is 48.9 Å². The van der Waals surface area contributed by atoms with E-state index in [4.69, 9.17) is 19.2 Å². The SMILES string of the molecule is CC.COc1ccc(-c2cnn3ccc(Nc4cc(C)c(OC)c(OC)c4)nc23)cn1. The molecule has 0 bridgehead atoms. The molecule has 8 nitrogen and oxygen atoms in total. The molecule has 3 aromatic heterocycles. The number of hydrogen-bond donors (Lipinski definition) is 1. The molecule has 0 saturated carbocycles. The molecule has 0 radical (unpaired) electrons. The predicted molar refractivity (Wildman–Crippen MR) is 122 cm³/mol. The van der Waals surface area contributed by atoms with Crippen LogP contribution in [0.3, 0.4) is 0 Å². The molecule has 0 amide bonds. The van der Waals surface area contributed by atoms with E-state index in [1.165, 1.54) is 0 Å². The number of methoxy groups -OCH3 is 3. The van der Waals surface area contributed by atoms with Crippen molar-refractivity contribution in [2.45, 2.75) is 20.8 Å². The van der Waals surface area contributed by atoms with E-state index in [9.17, 15) is 0 Å². The van der Waals surface area contributed by atoms with Gasteiger partial charge in [-0.05, 0) is 30.7 Å². The largest absolute Gasteiger partial charge is 0.493 e. The van der Waals surface area contributed by atoms with Gasteiger partial charge in [0, 0.05) is 41.3 Å². The van der Waals surface area contributed by atoms with Crippen LogP contribution in [0.4, 0.5) is 11.5 Å². The lowest BCUT2D eigenvalue weighted by atomic mass is 10.1. The first-order valence-electron chi connectivity index (χ1n) is 9.97. The zero-order chi connectivity index (χ0) is 22.4. The number of aryl methyl sites for hydroxylation is 1. The summed E-state index contributed by atoms with van der Waals surface area (Å²) in [5, 5.41) is 7.71. The summed E-state index contributed by atoms with van der Waals surface area (Å²) in [6.07, 6.45) is 5.38. The van der Waals surface area contributed by atoms with Gasteiger partial charge in [-0.1, -0.05) is 13.8 Å². The Bertz CT molecular complexity index is 1160. The summed E-state index contributed by atoms with van der Waals surface area (Å²) in [7, 11) is 4.84. The van der Waals surface area contributed by atoms with E-state index in [1.54, 1.807) is 38.2 Å². The van der Waals surface area contributed by atoms with E-state index in [2.05, 4.69) is 15.4 Å². The lowest BCUT2D eigenvalue weighted by molar-refractivity contribution is 0.353. The number of fused-ring (bicyclic) bond motifs is 1. The number of nitrogens with zero attached hydrogens (tertiary/aromatic N) is 4. The van der Waals surface area contributed by atoms with E-state index in [1.807, 2.05) is 57.3 Å². The van der Waals surface area contributed by atoms with Gasteiger partial charge in [0.05, 0.1) is 27.5 Å². The minimum Gasteiger partial charge on any atom is -0.493 e. The maximum absolute atomic E-state index is 5.43. The van der Waals surface area contributed by atoms with Gasteiger partial charge in [0.25, 0.3) is 0 Å². The van der Waals surface area contributed by atoms with Crippen LogP contribution < -0.4 is 19.5 Å². The normalized spacial score (nSPS) is 10.3. The zero-order valence-corrected chi connectivity index (χ0v) is 18.6. The minimum absolute atomic E-state index is 0.560. The van der Waals surface area contributed by atoms with Crippen molar-refractivity contribution in [3.8, 4) is 28.5 Å². The van der Waals surface area contributed by atoms with Gasteiger partial charge in [-0.3, -0.25) is 0 Å². The van der Waals surface area contributed by atoms with Gasteiger partial charge in [0.15, 0.2) is 17.1 Å². The molecule has 0 aliphatic carbocycles. The molecule has 4 rings (SSSR count). The molecular weight excluding hydrogens is 394 g/mol. The zero-order valence-electron chi connectivity index (χ0n) is 18.6. The Hall–Kier alpha value is -3.81. The van der Waals surface area contributed by atoms with Gasteiger partial charge in [0.2, 0.25) is 5.88 Å². The number of aromatic nitrogens is 4. The third kappa shape index (κ3) is 4.53. The molecule has 0 fully saturated rings. The second-order valence-corrected chi connectivity index (χ2v) is 6.38. The van der Waals surface area contributed by atoms with Crippen molar-refractivity contribution in [3.63, 3.8) is 0 Å². The summed E-state index contributed by atoms with van der Waals surface area (Å²) in [6.45, 7) is 5.97. The number of benzene rings is 1. The molecule has 1 aromatic carbocycles. The number of nitrogens with one attached hydrogen (secondary N) is 1. The summed E-state index contributed by atoms with van der Waals surface area (Å²) in [4.78, 5) is 9.00. The quantitative estimate of drug-likeness (QED) is 0.474. The molecule has 162 valence electrons. The Morgan fingerprint density at radius 2 is 1.74 bits per heavy atom. The van der Waals surface area contributed by atoms with Gasteiger partial charge in [-0.15, -0.1) is 0 Å². The summed E-state index contributed by atoms with van der Waals surface area (Å²) >= 11 is 0. The molecule has 0 saturated heterocycles. The van der Waals surface area contributed by atoms with Crippen molar-refractivity contribution in [1.29, 1.82) is 0 Å². The Labute approximate surface area is 181 Å². The molecule has 0 unspecified atom stereocenters. The molecule has 0 aliphatic rings. The second-order valence-electron chi connectivity index (χ2n) is 6.38. The number of rotatable bonds is 6. The van der Waals surface area contributed by atoms with Crippen molar-refractivity contribution >= 4 is 17.2 Å². The standard InChI is InChI=1S/C21H21N5O3.C2H6/c1-13-9-15(10-17(27-2)20(13)29-4)24-18-7-8-26-21(25-18)16(12-23-26)14-5-6-19(28-3)22-11-14;1-2/h5-12H,1-4H3,(H,24,25);1-2H3. The molecule has 0 spiro atoms. The summed E-state index contributed by atoms with van der Waals surface area (Å²) in [5.74, 6) is 2.62. The monoisotopic (exact) mass is 421 g/mol. The van der Waals surface area contributed by atoms with E-state index < -0.39 is 0 Å². The molecule has 0 aliphatic heterocycles. The Balaban J connectivity index is 0.00000132. The number of anilines is 2. The third-order valence-corrected chi connectivity index (χ3v) is 4.56. The van der Waals surface area contributed by atoms with Crippen LogP contribution in [-0.2, 0) is 0 Å². The fraction of sp³-hybridized carbons (Fsp3) is 0.261. The Morgan fingerprint density at radius 1 is 0.935 bits per heavy atom. The number of ether oxygens (including phenoxy) is 3. The Morgan fingerprint density at radius 3 is 2.39 bits per heavy atom. The highest BCUT2D eigenvalue weighted by Gasteiger charge is 2.12. The van der Waals surface area contributed by atoms with Gasteiger partial charge >= 0.3 is 0 Å². The topological polar surface area (TPSA) is 82.8 Å².